The Labute approximate surface area is 147 Å². The van der Waals surface area contributed by atoms with Crippen molar-refractivity contribution >= 4 is 16.7 Å². The van der Waals surface area contributed by atoms with Crippen molar-refractivity contribution in [2.24, 2.45) is 5.92 Å². The Morgan fingerprint density at radius 3 is 2.40 bits per heavy atom. The van der Waals surface area contributed by atoms with E-state index in [0.29, 0.717) is 22.8 Å². The smallest absolute Gasteiger partial charge is 0.205 e. The molecule has 0 aliphatic carbocycles. The Kier molecular flexibility index (Phi) is 4.60. The van der Waals surface area contributed by atoms with Crippen molar-refractivity contribution < 1.29 is 19.3 Å². The largest absolute Gasteiger partial charge is 0.493 e. The number of methoxy groups -OCH3 is 3. The third kappa shape index (κ3) is 3.04. The van der Waals surface area contributed by atoms with Gasteiger partial charge in [0, 0.05) is 19.0 Å². The molecule has 0 amide bonds. The first-order valence-corrected chi connectivity index (χ1v) is 8.31. The monoisotopic (exact) mass is 347 g/mol. The first-order valence-electron chi connectivity index (χ1n) is 8.31. The van der Waals surface area contributed by atoms with E-state index in [1.54, 1.807) is 21.3 Å². The van der Waals surface area contributed by atoms with Gasteiger partial charge in [-0.3, -0.25) is 0 Å². The Balaban J connectivity index is 2.12. The summed E-state index contributed by atoms with van der Waals surface area (Å²) in [6, 6.07) is 1.88. The number of hydrogen-bond donors (Lipinski definition) is 1. The van der Waals surface area contributed by atoms with Crippen molar-refractivity contribution in [1.82, 2.24) is 9.97 Å². The lowest BCUT2D eigenvalue weighted by Gasteiger charge is -2.26. The average Bonchev–Trinajstić information content (AvgIpc) is 3.09. The Bertz CT molecular complexity index is 773. The fourth-order valence-electron chi connectivity index (χ4n) is 3.43. The highest BCUT2D eigenvalue weighted by atomic mass is 16.5. The molecule has 7 heteroatoms. The standard InChI is InChI=1S/C18H25N3O4/c1-18(2,22)11-6-7-21(9-11)17-12-8-13(23-3)15(24-4)16(25-5)14(12)19-10-20-17/h8,10-11,22H,6-7,9H2,1-5H3. The summed E-state index contributed by atoms with van der Waals surface area (Å²) in [4.78, 5) is 11.1. The van der Waals surface area contributed by atoms with E-state index in [0.717, 1.165) is 30.7 Å². The van der Waals surface area contributed by atoms with E-state index in [1.807, 2.05) is 19.9 Å². The van der Waals surface area contributed by atoms with Crippen LogP contribution in [0.15, 0.2) is 12.4 Å². The van der Waals surface area contributed by atoms with Crippen molar-refractivity contribution in [2.75, 3.05) is 39.3 Å². The lowest BCUT2D eigenvalue weighted by atomic mass is 9.90. The molecule has 1 aliphatic heterocycles. The van der Waals surface area contributed by atoms with Crippen LogP contribution in [0, 0.1) is 5.92 Å². The van der Waals surface area contributed by atoms with Gasteiger partial charge in [-0.05, 0) is 26.3 Å². The number of rotatable bonds is 5. The molecule has 1 aromatic carbocycles. The van der Waals surface area contributed by atoms with Gasteiger partial charge >= 0.3 is 0 Å². The molecular formula is C18H25N3O4. The molecule has 2 heterocycles. The highest BCUT2D eigenvalue weighted by molar-refractivity contribution is 5.97. The second-order valence-corrected chi connectivity index (χ2v) is 6.82. The second-order valence-electron chi connectivity index (χ2n) is 6.82. The van der Waals surface area contributed by atoms with Crippen LogP contribution in [0.2, 0.25) is 0 Å². The summed E-state index contributed by atoms with van der Waals surface area (Å²) in [5.74, 6) is 2.62. The van der Waals surface area contributed by atoms with E-state index in [2.05, 4.69) is 14.9 Å². The molecule has 0 saturated carbocycles. The summed E-state index contributed by atoms with van der Waals surface area (Å²) in [6.45, 7) is 5.29. The molecule has 0 bridgehead atoms. The molecule has 1 fully saturated rings. The van der Waals surface area contributed by atoms with Gasteiger partial charge in [-0.25, -0.2) is 9.97 Å². The Morgan fingerprint density at radius 1 is 1.12 bits per heavy atom. The zero-order valence-electron chi connectivity index (χ0n) is 15.4. The molecule has 0 spiro atoms. The SMILES string of the molecule is COc1cc2c(N3CCC(C(C)(C)O)C3)ncnc2c(OC)c1OC. The van der Waals surface area contributed by atoms with Crippen LogP contribution in [0.1, 0.15) is 20.3 Å². The molecule has 1 aliphatic rings. The van der Waals surface area contributed by atoms with Crippen molar-refractivity contribution in [3.63, 3.8) is 0 Å². The van der Waals surface area contributed by atoms with E-state index < -0.39 is 5.60 Å². The first kappa shape index (κ1) is 17.5. The van der Waals surface area contributed by atoms with E-state index in [4.69, 9.17) is 14.2 Å². The number of hydrogen-bond acceptors (Lipinski definition) is 7. The maximum atomic E-state index is 10.3. The molecule has 1 unspecified atom stereocenters. The highest BCUT2D eigenvalue weighted by Gasteiger charge is 2.35. The van der Waals surface area contributed by atoms with Gasteiger partial charge in [0.1, 0.15) is 17.7 Å². The van der Waals surface area contributed by atoms with Crippen LogP contribution in [-0.4, -0.2) is 55.1 Å². The molecule has 1 aromatic heterocycles. The summed E-state index contributed by atoms with van der Waals surface area (Å²) >= 11 is 0. The number of anilines is 1. The minimum Gasteiger partial charge on any atom is -0.493 e. The minimum absolute atomic E-state index is 0.194. The quantitative estimate of drug-likeness (QED) is 0.889. The molecule has 1 N–H and O–H groups in total. The van der Waals surface area contributed by atoms with Crippen LogP contribution in [0.25, 0.3) is 10.9 Å². The lowest BCUT2D eigenvalue weighted by Crippen LogP contribution is -2.33. The van der Waals surface area contributed by atoms with E-state index in [-0.39, 0.29) is 5.92 Å². The topological polar surface area (TPSA) is 76.9 Å². The Hall–Kier alpha value is -2.28. The van der Waals surface area contributed by atoms with E-state index in [1.165, 1.54) is 6.33 Å². The van der Waals surface area contributed by atoms with Gasteiger partial charge in [-0.2, -0.15) is 0 Å². The molecule has 3 rings (SSSR count). The molecule has 0 radical (unpaired) electrons. The Morgan fingerprint density at radius 2 is 1.84 bits per heavy atom. The molecule has 7 nitrogen and oxygen atoms in total. The van der Waals surface area contributed by atoms with Crippen LogP contribution in [0.3, 0.4) is 0 Å². The van der Waals surface area contributed by atoms with Crippen LogP contribution in [0.5, 0.6) is 17.2 Å². The summed E-state index contributed by atoms with van der Waals surface area (Å²) in [5, 5.41) is 11.2. The zero-order valence-corrected chi connectivity index (χ0v) is 15.4. The third-order valence-electron chi connectivity index (χ3n) is 4.90. The molecule has 136 valence electrons. The number of benzene rings is 1. The van der Waals surface area contributed by atoms with Gasteiger partial charge in [0.2, 0.25) is 5.75 Å². The summed E-state index contributed by atoms with van der Waals surface area (Å²) < 4.78 is 16.4. The zero-order chi connectivity index (χ0) is 18.2. The summed E-state index contributed by atoms with van der Waals surface area (Å²) in [7, 11) is 4.74. The maximum absolute atomic E-state index is 10.3. The molecular weight excluding hydrogens is 322 g/mol. The van der Waals surface area contributed by atoms with Crippen LogP contribution in [0.4, 0.5) is 5.82 Å². The third-order valence-corrected chi connectivity index (χ3v) is 4.90. The fourth-order valence-corrected chi connectivity index (χ4v) is 3.43. The van der Waals surface area contributed by atoms with Crippen LogP contribution < -0.4 is 19.1 Å². The van der Waals surface area contributed by atoms with Gasteiger partial charge in [-0.1, -0.05) is 0 Å². The van der Waals surface area contributed by atoms with Crippen molar-refractivity contribution in [3.8, 4) is 17.2 Å². The molecule has 1 saturated heterocycles. The lowest BCUT2D eigenvalue weighted by molar-refractivity contribution is 0.0263. The number of aromatic nitrogens is 2. The predicted octanol–water partition coefficient (Wildman–Crippen LogP) is 2.25. The normalized spacial score (nSPS) is 17.8. The van der Waals surface area contributed by atoms with E-state index in [9.17, 15) is 5.11 Å². The number of aliphatic hydroxyl groups is 1. The maximum Gasteiger partial charge on any atom is 0.205 e. The fraction of sp³-hybridized carbons (Fsp3) is 0.556. The first-order chi connectivity index (χ1) is 11.9. The average molecular weight is 347 g/mol. The van der Waals surface area contributed by atoms with Crippen molar-refractivity contribution in [1.29, 1.82) is 0 Å². The highest BCUT2D eigenvalue weighted by Crippen LogP contribution is 2.45. The van der Waals surface area contributed by atoms with Gasteiger partial charge in [-0.15, -0.1) is 0 Å². The van der Waals surface area contributed by atoms with E-state index >= 15 is 0 Å². The van der Waals surface area contributed by atoms with Crippen molar-refractivity contribution in [3.05, 3.63) is 12.4 Å². The van der Waals surface area contributed by atoms with Gasteiger partial charge in [0.15, 0.2) is 11.5 Å². The predicted molar refractivity (Wildman–Crippen MR) is 95.8 cm³/mol. The number of nitrogens with zero attached hydrogens (tertiary/aromatic N) is 3. The molecule has 25 heavy (non-hydrogen) atoms. The summed E-state index contributed by atoms with van der Waals surface area (Å²) in [6.07, 6.45) is 2.45. The summed E-state index contributed by atoms with van der Waals surface area (Å²) in [5.41, 5.74) is -0.0345. The van der Waals surface area contributed by atoms with Crippen LogP contribution >= 0.6 is 0 Å². The van der Waals surface area contributed by atoms with Gasteiger partial charge in [0.25, 0.3) is 0 Å². The second kappa shape index (κ2) is 6.55. The molecule has 1 atom stereocenters. The molecule has 2 aromatic rings. The van der Waals surface area contributed by atoms with Gasteiger partial charge in [0.05, 0.1) is 32.3 Å². The van der Waals surface area contributed by atoms with Crippen LogP contribution in [-0.2, 0) is 0 Å². The minimum atomic E-state index is -0.712. The number of ether oxygens (including phenoxy) is 3. The van der Waals surface area contributed by atoms with Gasteiger partial charge < -0.3 is 24.2 Å². The van der Waals surface area contributed by atoms with Crippen molar-refractivity contribution in [2.45, 2.75) is 25.9 Å². The number of fused-ring (bicyclic) bond motifs is 1.